The molecule has 0 saturated carbocycles. The second kappa shape index (κ2) is 7.63. The molecule has 0 spiro atoms. The lowest BCUT2D eigenvalue weighted by atomic mass is 10.0. The highest BCUT2D eigenvalue weighted by atomic mass is 32.2. The number of hydrogen-bond acceptors (Lipinski definition) is 6. The Morgan fingerprint density at radius 3 is 2.68 bits per heavy atom. The van der Waals surface area contributed by atoms with E-state index in [-0.39, 0.29) is 5.92 Å². The normalized spacial score (nSPS) is 16.3. The summed E-state index contributed by atoms with van der Waals surface area (Å²) in [5, 5.41) is 3.54. The number of sulfonamides is 1. The molecule has 0 unspecified atom stereocenters. The van der Waals surface area contributed by atoms with Crippen LogP contribution in [0.3, 0.4) is 0 Å². The fourth-order valence-electron chi connectivity index (χ4n) is 2.56. The van der Waals surface area contributed by atoms with Crippen LogP contribution in [0.4, 0.5) is 0 Å². The molecule has 2 aromatic rings. The second-order valence-corrected chi connectivity index (χ2v) is 8.93. The molecule has 0 amide bonds. The number of nitrogens with zero attached hydrogens (tertiary/aromatic N) is 3. The first-order valence-electron chi connectivity index (χ1n) is 8.40. The highest BCUT2D eigenvalue weighted by Gasteiger charge is 2.40. The molecule has 1 aromatic carbocycles. The molecule has 25 heavy (non-hydrogen) atoms. The Kier molecular flexibility index (Phi) is 5.51. The standard InChI is InChI=1S/C17H23N3O4S/c1-13(2)25(21,22)20-10-15(11-20)17-18-16(19-24-17)8-9-23-12-14-6-4-3-5-7-14/h3-7,13,15H,8-12H2,1-2H3. The molecule has 1 aromatic heterocycles. The van der Waals surface area contributed by atoms with E-state index in [2.05, 4.69) is 10.1 Å². The van der Waals surface area contributed by atoms with E-state index < -0.39 is 15.3 Å². The van der Waals surface area contributed by atoms with Gasteiger partial charge in [-0.25, -0.2) is 12.7 Å². The van der Waals surface area contributed by atoms with Crippen LogP contribution in [0.5, 0.6) is 0 Å². The molecule has 1 aliphatic heterocycles. The Balaban J connectivity index is 1.43. The number of benzene rings is 1. The highest BCUT2D eigenvalue weighted by molar-refractivity contribution is 7.89. The Morgan fingerprint density at radius 1 is 1.28 bits per heavy atom. The van der Waals surface area contributed by atoms with Gasteiger partial charge in [0.2, 0.25) is 15.9 Å². The summed E-state index contributed by atoms with van der Waals surface area (Å²) in [5.41, 5.74) is 1.12. The van der Waals surface area contributed by atoms with E-state index in [1.54, 1.807) is 13.8 Å². The predicted octanol–water partition coefficient (Wildman–Crippen LogP) is 1.97. The van der Waals surface area contributed by atoms with Gasteiger partial charge in [0.05, 0.1) is 24.4 Å². The minimum atomic E-state index is -3.19. The third kappa shape index (κ3) is 4.26. The van der Waals surface area contributed by atoms with Crippen LogP contribution >= 0.6 is 0 Å². The average molecular weight is 365 g/mol. The molecular weight excluding hydrogens is 342 g/mol. The van der Waals surface area contributed by atoms with Gasteiger partial charge in [-0.15, -0.1) is 0 Å². The van der Waals surface area contributed by atoms with Crippen molar-refractivity contribution in [1.29, 1.82) is 0 Å². The average Bonchev–Trinajstić information content (AvgIpc) is 2.99. The second-order valence-electron chi connectivity index (χ2n) is 6.44. The molecule has 0 aliphatic carbocycles. The van der Waals surface area contributed by atoms with Gasteiger partial charge in [-0.2, -0.15) is 4.98 Å². The number of rotatable bonds is 8. The monoisotopic (exact) mass is 365 g/mol. The molecule has 8 heteroatoms. The maximum absolute atomic E-state index is 12.0. The van der Waals surface area contributed by atoms with Crippen LogP contribution in [0, 0.1) is 0 Å². The fourth-order valence-corrected chi connectivity index (χ4v) is 3.93. The third-order valence-electron chi connectivity index (χ3n) is 4.22. The lowest BCUT2D eigenvalue weighted by Crippen LogP contribution is -2.50. The summed E-state index contributed by atoms with van der Waals surface area (Å²) >= 11 is 0. The van der Waals surface area contributed by atoms with Crippen LogP contribution in [-0.2, 0) is 27.8 Å². The Bertz CT molecular complexity index is 783. The maximum atomic E-state index is 12.0. The van der Waals surface area contributed by atoms with Crippen molar-refractivity contribution < 1.29 is 17.7 Å². The van der Waals surface area contributed by atoms with E-state index in [4.69, 9.17) is 9.26 Å². The van der Waals surface area contributed by atoms with Crippen molar-refractivity contribution in [2.24, 2.45) is 0 Å². The van der Waals surface area contributed by atoms with Crippen LogP contribution in [0.1, 0.15) is 37.0 Å². The molecule has 3 rings (SSSR count). The molecule has 7 nitrogen and oxygen atoms in total. The molecule has 1 aliphatic rings. The lowest BCUT2D eigenvalue weighted by molar-refractivity contribution is 0.122. The minimum Gasteiger partial charge on any atom is -0.376 e. The molecule has 0 bridgehead atoms. The summed E-state index contributed by atoms with van der Waals surface area (Å²) in [6, 6.07) is 9.95. The number of hydrogen-bond donors (Lipinski definition) is 0. The predicted molar refractivity (Wildman–Crippen MR) is 92.5 cm³/mol. The first kappa shape index (κ1) is 18.0. The summed E-state index contributed by atoms with van der Waals surface area (Å²) in [6.45, 7) is 5.24. The first-order chi connectivity index (χ1) is 12.0. The van der Waals surface area contributed by atoms with Gasteiger partial charge in [0.25, 0.3) is 0 Å². The van der Waals surface area contributed by atoms with Gasteiger partial charge in [-0.05, 0) is 19.4 Å². The summed E-state index contributed by atoms with van der Waals surface area (Å²) in [6.07, 6.45) is 0.567. The zero-order valence-corrected chi connectivity index (χ0v) is 15.3. The molecule has 0 atom stereocenters. The number of aromatic nitrogens is 2. The van der Waals surface area contributed by atoms with Crippen LogP contribution in [0.25, 0.3) is 0 Å². The molecular formula is C17H23N3O4S. The molecule has 0 N–H and O–H groups in total. The van der Waals surface area contributed by atoms with E-state index in [1.807, 2.05) is 30.3 Å². The van der Waals surface area contributed by atoms with Gasteiger partial charge in [0, 0.05) is 19.5 Å². The molecule has 2 heterocycles. The molecule has 1 saturated heterocycles. The van der Waals surface area contributed by atoms with Gasteiger partial charge in [-0.3, -0.25) is 0 Å². The van der Waals surface area contributed by atoms with Crippen molar-refractivity contribution in [2.45, 2.75) is 38.0 Å². The van der Waals surface area contributed by atoms with E-state index in [9.17, 15) is 8.42 Å². The molecule has 1 fully saturated rings. The number of ether oxygens (including phenoxy) is 1. The topological polar surface area (TPSA) is 85.5 Å². The zero-order valence-electron chi connectivity index (χ0n) is 14.5. The van der Waals surface area contributed by atoms with E-state index in [0.717, 1.165) is 5.56 Å². The van der Waals surface area contributed by atoms with Crippen LogP contribution < -0.4 is 0 Å². The van der Waals surface area contributed by atoms with E-state index >= 15 is 0 Å². The van der Waals surface area contributed by atoms with Gasteiger partial charge in [0.1, 0.15) is 0 Å². The summed E-state index contributed by atoms with van der Waals surface area (Å²) in [5.74, 6) is 1.08. The Morgan fingerprint density at radius 2 is 2.00 bits per heavy atom. The SMILES string of the molecule is CC(C)S(=O)(=O)N1CC(c2nc(CCOCc3ccccc3)no2)C1. The van der Waals surface area contributed by atoms with Crippen LogP contribution in [-0.4, -0.2) is 47.8 Å². The van der Waals surface area contributed by atoms with Gasteiger partial charge in [0.15, 0.2) is 5.82 Å². The first-order valence-corrected chi connectivity index (χ1v) is 9.90. The Hall–Kier alpha value is -1.77. The van der Waals surface area contributed by atoms with Gasteiger partial charge < -0.3 is 9.26 Å². The summed E-state index contributed by atoms with van der Waals surface area (Å²) in [4.78, 5) is 4.36. The highest BCUT2D eigenvalue weighted by Crippen LogP contribution is 2.29. The van der Waals surface area contributed by atoms with Crippen molar-refractivity contribution in [1.82, 2.24) is 14.4 Å². The fraction of sp³-hybridized carbons (Fsp3) is 0.529. The quantitative estimate of drug-likeness (QED) is 0.665. The molecule has 136 valence electrons. The van der Waals surface area contributed by atoms with Crippen LogP contribution in [0.2, 0.25) is 0 Å². The largest absolute Gasteiger partial charge is 0.376 e. The van der Waals surface area contributed by atoms with Crippen molar-refractivity contribution >= 4 is 10.0 Å². The summed E-state index contributed by atoms with van der Waals surface area (Å²) in [7, 11) is -3.19. The van der Waals surface area contributed by atoms with Crippen LogP contribution in [0.15, 0.2) is 34.9 Å². The third-order valence-corrected chi connectivity index (χ3v) is 6.43. The van der Waals surface area contributed by atoms with Crippen molar-refractivity contribution in [3.63, 3.8) is 0 Å². The van der Waals surface area contributed by atoms with Gasteiger partial charge in [-0.1, -0.05) is 35.5 Å². The zero-order chi connectivity index (χ0) is 17.9. The van der Waals surface area contributed by atoms with Crippen molar-refractivity contribution in [3.8, 4) is 0 Å². The van der Waals surface area contributed by atoms with E-state index in [0.29, 0.717) is 44.4 Å². The van der Waals surface area contributed by atoms with E-state index in [1.165, 1.54) is 4.31 Å². The minimum absolute atomic E-state index is 0.0139. The Labute approximate surface area is 148 Å². The smallest absolute Gasteiger partial charge is 0.232 e. The van der Waals surface area contributed by atoms with Gasteiger partial charge >= 0.3 is 0 Å². The maximum Gasteiger partial charge on any atom is 0.232 e. The summed E-state index contributed by atoms with van der Waals surface area (Å²) < 4.78 is 36.4. The lowest BCUT2D eigenvalue weighted by Gasteiger charge is -2.36. The van der Waals surface area contributed by atoms with Crippen molar-refractivity contribution in [3.05, 3.63) is 47.6 Å². The molecule has 0 radical (unpaired) electrons. The van der Waals surface area contributed by atoms with Crippen molar-refractivity contribution in [2.75, 3.05) is 19.7 Å².